The maximum absolute atomic E-state index is 13.5. The predicted molar refractivity (Wildman–Crippen MR) is 73.6 cm³/mol. The summed E-state index contributed by atoms with van der Waals surface area (Å²) in [5, 5.41) is 11.6. The minimum atomic E-state index is -0.653. The number of carbonyl (C=O) groups is 1. The van der Waals surface area contributed by atoms with Gasteiger partial charge in [0, 0.05) is 19.2 Å². The summed E-state index contributed by atoms with van der Waals surface area (Å²) >= 11 is 0. The average molecular weight is 284 g/mol. The van der Waals surface area contributed by atoms with Gasteiger partial charge in [0.1, 0.15) is 17.3 Å². The zero-order valence-corrected chi connectivity index (χ0v) is 10.9. The lowest BCUT2D eigenvalue weighted by atomic mass is 10.2. The van der Waals surface area contributed by atoms with Gasteiger partial charge in [0.05, 0.1) is 17.3 Å². The molecular weight excluding hydrogens is 275 g/mol. The van der Waals surface area contributed by atoms with Crippen molar-refractivity contribution in [1.82, 2.24) is 4.98 Å². The third-order valence-electron chi connectivity index (χ3n) is 2.65. The molecule has 0 saturated carbocycles. The number of rotatable bonds is 3. The van der Waals surface area contributed by atoms with E-state index in [1.807, 2.05) is 6.07 Å². The highest BCUT2D eigenvalue weighted by Gasteiger charge is 2.17. The van der Waals surface area contributed by atoms with Gasteiger partial charge in [0.2, 0.25) is 5.91 Å². The zero-order chi connectivity index (χ0) is 15.4. The Labute approximate surface area is 119 Å². The number of amides is 1. The number of hydrogen-bond donors (Lipinski definition) is 0. The average Bonchev–Trinajstić information content (AvgIpc) is 2.46. The second kappa shape index (κ2) is 5.88. The lowest BCUT2D eigenvalue weighted by Gasteiger charge is -2.20. The zero-order valence-electron chi connectivity index (χ0n) is 10.9. The molecule has 0 N–H and O–H groups in total. The fourth-order valence-electron chi connectivity index (χ4n) is 1.83. The van der Waals surface area contributed by atoms with Crippen LogP contribution in [0.5, 0.6) is 0 Å². The molecule has 1 aromatic heterocycles. The SMILES string of the molecule is CC(=O)N(c1cc(F)cc(C#N)c1)c1cc(N=O)ccn1. The third-order valence-corrected chi connectivity index (χ3v) is 2.65. The Kier molecular flexibility index (Phi) is 4.00. The third kappa shape index (κ3) is 3.06. The number of pyridine rings is 1. The van der Waals surface area contributed by atoms with Crippen LogP contribution >= 0.6 is 0 Å². The highest BCUT2D eigenvalue weighted by atomic mass is 19.1. The summed E-state index contributed by atoms with van der Waals surface area (Å²) in [6, 6.07) is 7.99. The Morgan fingerprint density at radius 2 is 2.14 bits per heavy atom. The predicted octanol–water partition coefficient (Wildman–Crippen LogP) is 3.17. The second-order valence-electron chi connectivity index (χ2n) is 4.13. The minimum Gasteiger partial charge on any atom is -0.274 e. The molecule has 0 aliphatic carbocycles. The lowest BCUT2D eigenvalue weighted by molar-refractivity contribution is -0.115. The van der Waals surface area contributed by atoms with Gasteiger partial charge in [-0.2, -0.15) is 5.26 Å². The molecule has 7 heteroatoms. The molecule has 2 rings (SSSR count). The van der Waals surface area contributed by atoms with E-state index in [1.54, 1.807) is 0 Å². The molecule has 0 aliphatic heterocycles. The molecule has 0 aliphatic rings. The molecule has 104 valence electrons. The molecule has 0 radical (unpaired) electrons. The summed E-state index contributed by atoms with van der Waals surface area (Å²) in [4.78, 5) is 27.5. The summed E-state index contributed by atoms with van der Waals surface area (Å²) in [6.45, 7) is 1.26. The van der Waals surface area contributed by atoms with E-state index in [4.69, 9.17) is 5.26 Å². The van der Waals surface area contributed by atoms with Crippen molar-refractivity contribution in [3.8, 4) is 6.07 Å². The number of benzene rings is 1. The van der Waals surface area contributed by atoms with Crippen molar-refractivity contribution in [2.75, 3.05) is 4.90 Å². The number of aromatic nitrogens is 1. The van der Waals surface area contributed by atoms with E-state index in [0.29, 0.717) is 0 Å². The molecule has 1 aromatic carbocycles. The first-order valence-corrected chi connectivity index (χ1v) is 5.86. The Morgan fingerprint density at radius 1 is 1.38 bits per heavy atom. The van der Waals surface area contributed by atoms with Gasteiger partial charge < -0.3 is 0 Å². The maximum atomic E-state index is 13.5. The smallest absolute Gasteiger partial charge is 0.229 e. The first-order chi connectivity index (χ1) is 10.0. The van der Waals surface area contributed by atoms with Crippen LogP contribution in [0.25, 0.3) is 0 Å². The molecule has 21 heavy (non-hydrogen) atoms. The molecule has 0 unspecified atom stereocenters. The largest absolute Gasteiger partial charge is 0.274 e. The molecule has 2 aromatic rings. The highest BCUT2D eigenvalue weighted by Crippen LogP contribution is 2.28. The number of nitriles is 1. The molecule has 6 nitrogen and oxygen atoms in total. The molecule has 0 saturated heterocycles. The van der Waals surface area contributed by atoms with Crippen LogP contribution in [0.3, 0.4) is 0 Å². The summed E-state index contributed by atoms with van der Waals surface area (Å²) in [7, 11) is 0. The molecule has 1 heterocycles. The van der Waals surface area contributed by atoms with E-state index in [2.05, 4.69) is 10.2 Å². The van der Waals surface area contributed by atoms with E-state index >= 15 is 0 Å². The van der Waals surface area contributed by atoms with Crippen LogP contribution in [-0.2, 0) is 4.79 Å². The molecule has 0 fully saturated rings. The maximum Gasteiger partial charge on any atom is 0.229 e. The van der Waals surface area contributed by atoms with Crippen molar-refractivity contribution in [2.24, 2.45) is 5.18 Å². The Bertz CT molecular complexity index is 755. The van der Waals surface area contributed by atoms with Gasteiger partial charge in [-0.05, 0) is 29.4 Å². The van der Waals surface area contributed by atoms with E-state index in [0.717, 1.165) is 17.0 Å². The van der Waals surface area contributed by atoms with Gasteiger partial charge in [-0.1, -0.05) is 0 Å². The summed E-state index contributed by atoms with van der Waals surface area (Å²) in [5.41, 5.74) is 0.304. The minimum absolute atomic E-state index is 0.0703. The van der Waals surface area contributed by atoms with E-state index in [-0.39, 0.29) is 22.8 Å². The summed E-state index contributed by atoms with van der Waals surface area (Å²) in [6.07, 6.45) is 1.31. The topological polar surface area (TPSA) is 86.4 Å². The Morgan fingerprint density at radius 3 is 2.76 bits per heavy atom. The molecule has 0 spiro atoms. The normalized spacial score (nSPS) is 9.76. The van der Waals surface area contributed by atoms with Gasteiger partial charge >= 0.3 is 0 Å². The van der Waals surface area contributed by atoms with Crippen LogP contribution < -0.4 is 4.90 Å². The van der Waals surface area contributed by atoms with Crippen LogP contribution in [0.1, 0.15) is 12.5 Å². The van der Waals surface area contributed by atoms with Gasteiger partial charge in [-0.25, -0.2) is 9.37 Å². The van der Waals surface area contributed by atoms with Crippen LogP contribution in [0.2, 0.25) is 0 Å². The monoisotopic (exact) mass is 284 g/mol. The van der Waals surface area contributed by atoms with Crippen molar-refractivity contribution in [2.45, 2.75) is 6.92 Å². The Hall–Kier alpha value is -3.14. The van der Waals surface area contributed by atoms with E-state index < -0.39 is 11.7 Å². The summed E-state index contributed by atoms with van der Waals surface area (Å²) < 4.78 is 13.5. The van der Waals surface area contributed by atoms with Crippen molar-refractivity contribution in [3.05, 3.63) is 52.8 Å². The van der Waals surface area contributed by atoms with Crippen LogP contribution in [0.15, 0.2) is 41.7 Å². The molecule has 0 atom stereocenters. The van der Waals surface area contributed by atoms with Gasteiger partial charge in [0.15, 0.2) is 0 Å². The van der Waals surface area contributed by atoms with Crippen molar-refractivity contribution < 1.29 is 9.18 Å². The first-order valence-electron chi connectivity index (χ1n) is 5.86. The number of nitrogens with zero attached hydrogens (tertiary/aromatic N) is 4. The van der Waals surface area contributed by atoms with E-state index in [1.165, 1.54) is 31.3 Å². The Balaban J connectivity index is 2.58. The highest BCUT2D eigenvalue weighted by molar-refractivity contribution is 5.98. The number of anilines is 2. The number of carbonyl (C=O) groups excluding carboxylic acids is 1. The van der Waals surface area contributed by atoms with Gasteiger partial charge in [-0.15, -0.1) is 4.91 Å². The molecule has 0 bridgehead atoms. The standard InChI is InChI=1S/C14H9FN4O2/c1-9(20)19(14-7-12(18-21)2-3-17-14)13-5-10(8-16)4-11(15)6-13/h2-7H,1H3. The van der Waals surface area contributed by atoms with Crippen molar-refractivity contribution in [1.29, 1.82) is 5.26 Å². The van der Waals surface area contributed by atoms with Crippen LogP contribution in [-0.4, -0.2) is 10.9 Å². The number of nitroso groups, excluding NO2 is 1. The van der Waals surface area contributed by atoms with Crippen LogP contribution in [0.4, 0.5) is 21.6 Å². The fraction of sp³-hybridized carbons (Fsp3) is 0.0714. The quantitative estimate of drug-likeness (QED) is 0.810. The van der Waals surface area contributed by atoms with Crippen molar-refractivity contribution >= 4 is 23.1 Å². The number of halogens is 1. The summed E-state index contributed by atoms with van der Waals surface area (Å²) in [5.74, 6) is -0.978. The van der Waals surface area contributed by atoms with Gasteiger partial charge in [0.25, 0.3) is 0 Å². The molecule has 1 amide bonds. The van der Waals surface area contributed by atoms with E-state index in [9.17, 15) is 14.1 Å². The lowest BCUT2D eigenvalue weighted by Crippen LogP contribution is -2.23. The molecular formula is C14H9FN4O2. The van der Waals surface area contributed by atoms with Crippen LogP contribution in [0, 0.1) is 22.1 Å². The first kappa shape index (κ1) is 14.3. The van der Waals surface area contributed by atoms with Crippen molar-refractivity contribution in [3.63, 3.8) is 0 Å². The second-order valence-corrected chi connectivity index (χ2v) is 4.13. The number of hydrogen-bond acceptors (Lipinski definition) is 5. The van der Waals surface area contributed by atoms with Gasteiger partial charge in [-0.3, -0.25) is 9.69 Å². The fourth-order valence-corrected chi connectivity index (χ4v) is 1.83.